The number of carbonyl (C=O) groups excluding carboxylic acids is 3. The molecule has 0 radical (unpaired) electrons. The van der Waals surface area contributed by atoms with Crippen molar-refractivity contribution in [3.8, 4) is 0 Å². The Hall–Kier alpha value is -2.95. The molecule has 2 heterocycles. The summed E-state index contributed by atoms with van der Waals surface area (Å²) in [6, 6.07) is 15.7. The normalized spacial score (nSPS) is 29.3. The summed E-state index contributed by atoms with van der Waals surface area (Å²) in [5.41, 5.74) is 4.64. The molecule has 5 aliphatic rings. The number of nitrogens with zero attached hydrogens (tertiary/aromatic N) is 2. The monoisotopic (exact) mass is 428 g/mol. The van der Waals surface area contributed by atoms with Crippen LogP contribution in [0.1, 0.15) is 66.7 Å². The molecule has 5 nitrogen and oxygen atoms in total. The molecule has 0 unspecified atom stereocenters. The van der Waals surface area contributed by atoms with Crippen LogP contribution in [-0.2, 0) is 14.4 Å². The van der Waals surface area contributed by atoms with Crippen molar-refractivity contribution in [2.75, 3.05) is 13.1 Å². The molecule has 3 amide bonds. The van der Waals surface area contributed by atoms with E-state index in [9.17, 15) is 14.4 Å². The number of rotatable bonds is 2. The van der Waals surface area contributed by atoms with Gasteiger partial charge in [-0.15, -0.1) is 0 Å². The average molecular weight is 429 g/mol. The molecule has 2 aliphatic heterocycles. The quantitative estimate of drug-likeness (QED) is 0.686. The number of likely N-dealkylation sites (tertiary alicyclic amines) is 2. The Morgan fingerprint density at radius 3 is 1.56 bits per heavy atom. The fraction of sp³-hybridized carbons (Fsp3) is 0.444. The molecule has 3 atom stereocenters. The van der Waals surface area contributed by atoms with E-state index in [-0.39, 0.29) is 29.6 Å². The molecule has 2 aromatic carbocycles. The molecule has 7 rings (SSSR count). The smallest absolute Gasteiger partial charge is 0.245 e. The molecule has 0 saturated carbocycles. The van der Waals surface area contributed by atoms with E-state index in [1.54, 1.807) is 6.92 Å². The summed E-state index contributed by atoms with van der Waals surface area (Å²) in [6.07, 6.45) is 4.23. The van der Waals surface area contributed by atoms with Gasteiger partial charge < -0.3 is 4.90 Å². The minimum absolute atomic E-state index is 0.0883. The lowest BCUT2D eigenvalue weighted by Crippen LogP contribution is -2.50. The lowest BCUT2D eigenvalue weighted by molar-refractivity contribution is -0.151. The molecule has 5 heteroatoms. The van der Waals surface area contributed by atoms with Crippen LogP contribution in [0.5, 0.6) is 0 Å². The summed E-state index contributed by atoms with van der Waals surface area (Å²) < 4.78 is 0. The van der Waals surface area contributed by atoms with Crippen LogP contribution in [0.25, 0.3) is 0 Å². The second kappa shape index (κ2) is 7.29. The minimum atomic E-state index is -0.746. The van der Waals surface area contributed by atoms with Gasteiger partial charge in [0.2, 0.25) is 17.7 Å². The molecule has 3 aliphatic carbocycles. The largest absolute Gasteiger partial charge is 0.341 e. The lowest BCUT2D eigenvalue weighted by atomic mass is 9.55. The van der Waals surface area contributed by atoms with Crippen molar-refractivity contribution in [1.29, 1.82) is 0 Å². The van der Waals surface area contributed by atoms with Crippen molar-refractivity contribution < 1.29 is 14.4 Å². The van der Waals surface area contributed by atoms with E-state index in [1.807, 2.05) is 29.2 Å². The molecular formula is C27H28N2O3. The highest BCUT2D eigenvalue weighted by Crippen LogP contribution is 2.61. The predicted molar refractivity (Wildman–Crippen MR) is 120 cm³/mol. The van der Waals surface area contributed by atoms with Gasteiger partial charge in [-0.05, 0) is 42.0 Å². The number of carbonyl (C=O) groups is 3. The van der Waals surface area contributed by atoms with Crippen LogP contribution < -0.4 is 0 Å². The Kier molecular flexibility index (Phi) is 4.49. The standard InChI is InChI=1S/C27H28N2O3/c1-16(25(30)28-14-8-2-3-9-15-28)29-26(31)23-21-17-10-4-5-11-18(17)22(24(23)27(29)32)20-13-7-6-12-19(20)21/h4-7,10-13,16,21-24H,2-3,8-9,14-15H2,1H3/t16-,21?,22?,23-,24-/m1/s1. The van der Waals surface area contributed by atoms with Crippen molar-refractivity contribution in [1.82, 2.24) is 9.80 Å². The van der Waals surface area contributed by atoms with Crippen LogP contribution >= 0.6 is 0 Å². The van der Waals surface area contributed by atoms with Crippen LogP contribution in [-0.4, -0.2) is 46.7 Å². The van der Waals surface area contributed by atoms with E-state index in [4.69, 9.17) is 0 Å². The number of imide groups is 1. The van der Waals surface area contributed by atoms with Crippen LogP contribution in [0.15, 0.2) is 48.5 Å². The Morgan fingerprint density at radius 1 is 0.750 bits per heavy atom. The maximum absolute atomic E-state index is 13.8. The van der Waals surface area contributed by atoms with Crippen LogP contribution in [0.2, 0.25) is 0 Å². The molecule has 164 valence electrons. The topological polar surface area (TPSA) is 57.7 Å². The third-order valence-corrected chi connectivity index (χ3v) is 8.14. The second-order valence-electron chi connectivity index (χ2n) is 9.73. The van der Waals surface area contributed by atoms with Crippen LogP contribution in [0.3, 0.4) is 0 Å². The Balaban J connectivity index is 1.40. The maximum atomic E-state index is 13.8. The van der Waals surface area contributed by atoms with Gasteiger partial charge in [-0.25, -0.2) is 0 Å². The van der Waals surface area contributed by atoms with Crippen molar-refractivity contribution in [3.63, 3.8) is 0 Å². The first kappa shape index (κ1) is 19.7. The molecule has 2 saturated heterocycles. The van der Waals surface area contributed by atoms with Gasteiger partial charge in [-0.2, -0.15) is 0 Å². The first-order valence-electron chi connectivity index (χ1n) is 11.9. The summed E-state index contributed by atoms with van der Waals surface area (Å²) in [6.45, 7) is 3.17. The average Bonchev–Trinajstić information content (AvgIpc) is 3.00. The molecule has 32 heavy (non-hydrogen) atoms. The summed E-state index contributed by atoms with van der Waals surface area (Å²) in [7, 11) is 0. The van der Waals surface area contributed by atoms with E-state index >= 15 is 0 Å². The van der Waals surface area contributed by atoms with Crippen LogP contribution in [0.4, 0.5) is 0 Å². The van der Waals surface area contributed by atoms with E-state index in [2.05, 4.69) is 24.3 Å². The molecule has 0 aromatic heterocycles. The first-order chi connectivity index (χ1) is 15.6. The van der Waals surface area contributed by atoms with Crippen molar-refractivity contribution in [2.24, 2.45) is 11.8 Å². The highest BCUT2D eigenvalue weighted by molar-refractivity contribution is 6.10. The van der Waals surface area contributed by atoms with Gasteiger partial charge in [0, 0.05) is 24.9 Å². The zero-order valence-electron chi connectivity index (χ0n) is 18.4. The van der Waals surface area contributed by atoms with Crippen molar-refractivity contribution in [2.45, 2.75) is 50.5 Å². The Bertz CT molecular complexity index is 1000. The van der Waals surface area contributed by atoms with E-state index in [0.717, 1.165) is 47.9 Å². The molecule has 2 bridgehead atoms. The molecule has 2 aromatic rings. The van der Waals surface area contributed by atoms with E-state index in [1.165, 1.54) is 4.90 Å². The SMILES string of the molecule is C[C@H](C(=O)N1CCCCCC1)N1C(=O)[C@@H]2C3c4ccccc4C(c4ccccc43)[C@H]2C1=O. The fourth-order valence-corrected chi connectivity index (χ4v) is 6.75. The van der Waals surface area contributed by atoms with Gasteiger partial charge in [0.05, 0.1) is 11.8 Å². The molecule has 2 fully saturated rings. The number of amides is 3. The maximum Gasteiger partial charge on any atom is 0.245 e. The zero-order chi connectivity index (χ0) is 22.0. The third kappa shape index (κ3) is 2.60. The molecule has 0 spiro atoms. The molecular weight excluding hydrogens is 400 g/mol. The van der Waals surface area contributed by atoms with Crippen molar-refractivity contribution in [3.05, 3.63) is 70.8 Å². The van der Waals surface area contributed by atoms with Crippen LogP contribution in [0, 0.1) is 11.8 Å². The van der Waals surface area contributed by atoms with E-state index < -0.39 is 17.9 Å². The Labute approximate surface area is 188 Å². The van der Waals surface area contributed by atoms with Gasteiger partial charge >= 0.3 is 0 Å². The highest BCUT2D eigenvalue weighted by atomic mass is 16.2. The minimum Gasteiger partial charge on any atom is -0.341 e. The van der Waals surface area contributed by atoms with Gasteiger partial charge in [-0.1, -0.05) is 61.4 Å². The van der Waals surface area contributed by atoms with Gasteiger partial charge in [-0.3, -0.25) is 19.3 Å². The number of hydrogen-bond acceptors (Lipinski definition) is 3. The number of hydrogen-bond donors (Lipinski definition) is 0. The number of benzene rings is 2. The lowest BCUT2D eigenvalue weighted by Gasteiger charge is -2.45. The predicted octanol–water partition coefficient (Wildman–Crippen LogP) is 3.67. The summed E-state index contributed by atoms with van der Waals surface area (Å²) in [4.78, 5) is 44.1. The van der Waals surface area contributed by atoms with Gasteiger partial charge in [0.25, 0.3) is 0 Å². The fourth-order valence-electron chi connectivity index (χ4n) is 6.75. The second-order valence-corrected chi connectivity index (χ2v) is 9.73. The third-order valence-electron chi connectivity index (χ3n) is 8.14. The van der Waals surface area contributed by atoms with Crippen molar-refractivity contribution >= 4 is 17.7 Å². The van der Waals surface area contributed by atoms with Gasteiger partial charge in [0.1, 0.15) is 6.04 Å². The highest BCUT2D eigenvalue weighted by Gasteiger charge is 2.62. The van der Waals surface area contributed by atoms with Gasteiger partial charge in [0.15, 0.2) is 0 Å². The first-order valence-corrected chi connectivity index (χ1v) is 11.9. The molecule has 0 N–H and O–H groups in total. The van der Waals surface area contributed by atoms with E-state index in [0.29, 0.717) is 13.1 Å². The summed E-state index contributed by atoms with van der Waals surface area (Å²) in [5, 5.41) is 0. The Morgan fingerprint density at radius 2 is 1.16 bits per heavy atom. The summed E-state index contributed by atoms with van der Waals surface area (Å²) in [5.74, 6) is -1.52. The summed E-state index contributed by atoms with van der Waals surface area (Å²) >= 11 is 0. The zero-order valence-corrected chi connectivity index (χ0v) is 18.4.